The molecule has 3 N–H and O–H groups in total. The summed E-state index contributed by atoms with van der Waals surface area (Å²) in [5.41, 5.74) is 1.90. The van der Waals surface area contributed by atoms with Gasteiger partial charge in [0.25, 0.3) is 0 Å². The average Bonchev–Trinajstić information content (AvgIpc) is 3.62. The molecule has 0 unspecified atom stereocenters. The molecule has 10 nitrogen and oxygen atoms in total. The molecular weight excluding hydrogens is 508 g/mol. The van der Waals surface area contributed by atoms with Crippen LogP contribution in [-0.4, -0.2) is 41.2 Å². The molecular formula is C27H32N4O6S. The van der Waals surface area contributed by atoms with Crippen LogP contribution in [0.25, 0.3) is 5.69 Å². The van der Waals surface area contributed by atoms with Crippen LogP contribution in [0.3, 0.4) is 0 Å². The van der Waals surface area contributed by atoms with Crippen molar-refractivity contribution in [2.24, 2.45) is 5.92 Å². The van der Waals surface area contributed by atoms with Gasteiger partial charge >= 0.3 is 5.97 Å². The molecule has 11 heteroatoms. The number of aromatic nitrogens is 2. The Balaban J connectivity index is 1.79. The SMILES string of the molecule is CCC(CC)C(=O)Nc1ccc(Oc2c(C)c(C(=O)O)nn2-c2ccc(C)cc2)c(S(=O)(=O)NC2CC2)c1. The third-order valence-electron chi connectivity index (χ3n) is 6.51. The molecule has 202 valence electrons. The number of carbonyl (C=O) groups is 2. The molecule has 0 bridgehead atoms. The third-order valence-corrected chi connectivity index (χ3v) is 8.05. The van der Waals surface area contributed by atoms with E-state index in [1.165, 1.54) is 16.8 Å². The van der Waals surface area contributed by atoms with Crippen LogP contribution in [0.2, 0.25) is 0 Å². The van der Waals surface area contributed by atoms with E-state index in [1.54, 1.807) is 25.1 Å². The topological polar surface area (TPSA) is 140 Å². The van der Waals surface area contributed by atoms with E-state index in [0.29, 0.717) is 24.2 Å². The summed E-state index contributed by atoms with van der Waals surface area (Å²) in [6.45, 7) is 7.32. The minimum Gasteiger partial charge on any atom is -0.476 e. The predicted octanol–water partition coefficient (Wildman–Crippen LogP) is 4.80. The van der Waals surface area contributed by atoms with E-state index in [1.807, 2.05) is 32.9 Å². The number of nitrogens with one attached hydrogen (secondary N) is 2. The number of carbonyl (C=O) groups excluding carboxylic acids is 1. The molecule has 0 aliphatic heterocycles. The fraction of sp³-hybridized carbons (Fsp3) is 0.370. The fourth-order valence-corrected chi connectivity index (χ4v) is 5.49. The second-order valence-corrected chi connectivity index (χ2v) is 11.2. The number of carboxylic acid groups (broad SMARTS) is 1. The van der Waals surface area contributed by atoms with Gasteiger partial charge in [-0.05, 0) is 69.9 Å². The number of carboxylic acids is 1. The van der Waals surface area contributed by atoms with Crippen LogP contribution in [0.5, 0.6) is 11.6 Å². The minimum atomic E-state index is -4.02. The Hall–Kier alpha value is -3.70. The molecule has 2 aromatic carbocycles. The summed E-state index contributed by atoms with van der Waals surface area (Å²) in [6.07, 6.45) is 2.79. The molecule has 1 aromatic heterocycles. The number of amides is 1. The number of benzene rings is 2. The average molecular weight is 541 g/mol. The Bertz CT molecular complexity index is 1460. The van der Waals surface area contributed by atoms with Gasteiger partial charge in [-0.15, -0.1) is 0 Å². The van der Waals surface area contributed by atoms with Crippen LogP contribution < -0.4 is 14.8 Å². The lowest BCUT2D eigenvalue weighted by Crippen LogP contribution is -2.26. The summed E-state index contributed by atoms with van der Waals surface area (Å²) in [7, 11) is -4.02. The highest BCUT2D eigenvalue weighted by atomic mass is 32.2. The first-order valence-corrected chi connectivity index (χ1v) is 14.1. The molecule has 1 fully saturated rings. The molecule has 1 saturated carbocycles. The van der Waals surface area contributed by atoms with Crippen LogP contribution in [0, 0.1) is 19.8 Å². The molecule has 0 saturated heterocycles. The van der Waals surface area contributed by atoms with Crippen molar-refractivity contribution in [3.8, 4) is 17.3 Å². The first kappa shape index (κ1) is 27.3. The van der Waals surface area contributed by atoms with Crippen LogP contribution in [0.4, 0.5) is 5.69 Å². The van der Waals surface area contributed by atoms with Gasteiger partial charge in [0.2, 0.25) is 21.8 Å². The van der Waals surface area contributed by atoms with Crippen LogP contribution >= 0.6 is 0 Å². The molecule has 1 aliphatic rings. The maximum absolute atomic E-state index is 13.3. The van der Waals surface area contributed by atoms with Gasteiger partial charge < -0.3 is 15.2 Å². The summed E-state index contributed by atoms with van der Waals surface area (Å²) in [6, 6.07) is 11.5. The molecule has 1 aliphatic carbocycles. The largest absolute Gasteiger partial charge is 0.476 e. The number of ether oxygens (including phenoxy) is 1. The zero-order valence-corrected chi connectivity index (χ0v) is 22.6. The Kier molecular flexibility index (Phi) is 7.89. The summed E-state index contributed by atoms with van der Waals surface area (Å²) >= 11 is 0. The van der Waals surface area contributed by atoms with Crippen LogP contribution in [0.1, 0.15) is 61.1 Å². The van der Waals surface area contributed by atoms with Crippen molar-refractivity contribution in [2.75, 3.05) is 5.32 Å². The molecule has 1 amide bonds. The first-order chi connectivity index (χ1) is 18.0. The van der Waals surface area contributed by atoms with Crippen molar-refractivity contribution < 1.29 is 27.9 Å². The third kappa shape index (κ3) is 5.89. The van der Waals surface area contributed by atoms with E-state index in [9.17, 15) is 23.1 Å². The second-order valence-electron chi connectivity index (χ2n) is 9.49. The van der Waals surface area contributed by atoms with Crippen molar-refractivity contribution in [3.05, 3.63) is 59.3 Å². The van der Waals surface area contributed by atoms with Gasteiger partial charge in [-0.2, -0.15) is 9.78 Å². The summed E-state index contributed by atoms with van der Waals surface area (Å²) in [5, 5.41) is 16.7. The maximum atomic E-state index is 13.3. The quantitative estimate of drug-likeness (QED) is 0.318. The number of rotatable bonds is 11. The minimum absolute atomic E-state index is 0.0213. The monoisotopic (exact) mass is 540 g/mol. The van der Waals surface area contributed by atoms with Crippen molar-refractivity contribution in [1.29, 1.82) is 0 Å². The number of hydrogen-bond acceptors (Lipinski definition) is 6. The van der Waals surface area contributed by atoms with Gasteiger partial charge in [0, 0.05) is 23.2 Å². The molecule has 4 rings (SSSR count). The summed E-state index contributed by atoms with van der Waals surface area (Å²) in [4.78, 5) is 24.3. The van der Waals surface area contributed by atoms with Gasteiger partial charge in [-0.3, -0.25) is 4.79 Å². The Morgan fingerprint density at radius 1 is 1.11 bits per heavy atom. The lowest BCUT2D eigenvalue weighted by molar-refractivity contribution is -0.120. The molecule has 0 spiro atoms. The van der Waals surface area contributed by atoms with Gasteiger partial charge in [0.05, 0.1) is 5.69 Å². The highest BCUT2D eigenvalue weighted by Gasteiger charge is 2.31. The Labute approximate surface area is 222 Å². The van der Waals surface area contributed by atoms with Crippen LogP contribution in [0.15, 0.2) is 47.4 Å². The normalized spacial score (nSPS) is 13.5. The fourth-order valence-electron chi connectivity index (χ4n) is 4.04. The van der Waals surface area contributed by atoms with Gasteiger partial charge in [0.15, 0.2) is 5.69 Å². The first-order valence-electron chi connectivity index (χ1n) is 12.6. The lowest BCUT2D eigenvalue weighted by atomic mass is 10.0. The predicted molar refractivity (Wildman–Crippen MR) is 143 cm³/mol. The number of nitrogens with zero attached hydrogens (tertiary/aromatic N) is 2. The zero-order valence-electron chi connectivity index (χ0n) is 21.8. The van der Waals surface area contributed by atoms with Crippen molar-refractivity contribution >= 4 is 27.6 Å². The van der Waals surface area contributed by atoms with Crippen molar-refractivity contribution in [3.63, 3.8) is 0 Å². The van der Waals surface area contributed by atoms with E-state index in [0.717, 1.165) is 18.4 Å². The lowest BCUT2D eigenvalue weighted by Gasteiger charge is -2.17. The number of aromatic carboxylic acids is 1. The number of hydrogen-bond donors (Lipinski definition) is 3. The summed E-state index contributed by atoms with van der Waals surface area (Å²) in [5.74, 6) is -1.58. The van der Waals surface area contributed by atoms with Gasteiger partial charge in [0.1, 0.15) is 10.6 Å². The van der Waals surface area contributed by atoms with E-state index in [-0.39, 0.29) is 45.6 Å². The van der Waals surface area contributed by atoms with E-state index in [2.05, 4.69) is 15.1 Å². The van der Waals surface area contributed by atoms with Crippen molar-refractivity contribution in [1.82, 2.24) is 14.5 Å². The summed E-state index contributed by atoms with van der Waals surface area (Å²) < 4.78 is 36.8. The molecule has 3 aromatic rings. The molecule has 1 heterocycles. The van der Waals surface area contributed by atoms with Crippen molar-refractivity contribution in [2.45, 2.75) is 64.3 Å². The highest BCUT2D eigenvalue weighted by Crippen LogP contribution is 2.36. The Morgan fingerprint density at radius 3 is 2.34 bits per heavy atom. The van der Waals surface area contributed by atoms with Gasteiger partial charge in [-0.1, -0.05) is 31.5 Å². The molecule has 0 atom stereocenters. The van der Waals surface area contributed by atoms with Crippen LogP contribution in [-0.2, 0) is 14.8 Å². The Morgan fingerprint density at radius 2 is 1.76 bits per heavy atom. The number of aryl methyl sites for hydroxylation is 1. The molecule has 0 radical (unpaired) electrons. The number of anilines is 1. The standard InChI is InChI=1S/C27H32N4O6S/c1-5-18(6-2)25(32)28-20-11-14-22(23(15-20)38(35,36)30-19-9-10-19)37-26-17(4)24(27(33)34)29-31(26)21-12-7-16(3)8-13-21/h7-8,11-15,18-19,30H,5-6,9-10H2,1-4H3,(H,28,32)(H,33,34). The number of sulfonamides is 1. The second kappa shape index (κ2) is 11.0. The zero-order chi connectivity index (χ0) is 27.6. The van der Waals surface area contributed by atoms with E-state index >= 15 is 0 Å². The molecule has 38 heavy (non-hydrogen) atoms. The van der Waals surface area contributed by atoms with E-state index in [4.69, 9.17) is 4.74 Å². The maximum Gasteiger partial charge on any atom is 0.356 e. The van der Waals surface area contributed by atoms with Gasteiger partial charge in [-0.25, -0.2) is 17.9 Å². The smallest absolute Gasteiger partial charge is 0.356 e. The highest BCUT2D eigenvalue weighted by molar-refractivity contribution is 7.89. The van der Waals surface area contributed by atoms with E-state index < -0.39 is 16.0 Å².